The third kappa shape index (κ3) is 2.66. The predicted molar refractivity (Wildman–Crippen MR) is 65.4 cm³/mol. The van der Waals surface area contributed by atoms with Crippen LogP contribution in [0.5, 0.6) is 0 Å². The monoisotopic (exact) mass is 232 g/mol. The highest BCUT2D eigenvalue weighted by Gasteiger charge is 2.23. The molecule has 17 heavy (non-hydrogen) atoms. The highest BCUT2D eigenvalue weighted by atomic mass is 16.5. The van der Waals surface area contributed by atoms with Gasteiger partial charge in [0.15, 0.2) is 0 Å². The number of pyridine rings is 1. The number of nitrogens with zero attached hydrogens (tertiary/aromatic N) is 2. The molecule has 2 atom stereocenters. The largest absolute Gasteiger partial charge is 0.397 e. The van der Waals surface area contributed by atoms with Gasteiger partial charge in [0.2, 0.25) is 0 Å². The molecule has 2 unspecified atom stereocenters. The van der Waals surface area contributed by atoms with Crippen molar-refractivity contribution in [1.82, 2.24) is 4.98 Å². The molecule has 0 aromatic carbocycles. The van der Waals surface area contributed by atoms with Crippen molar-refractivity contribution in [3.8, 4) is 6.07 Å². The van der Waals surface area contributed by atoms with Gasteiger partial charge in [-0.2, -0.15) is 5.26 Å². The van der Waals surface area contributed by atoms with Crippen LogP contribution in [0.3, 0.4) is 0 Å². The molecule has 2 rings (SSSR count). The predicted octanol–water partition coefficient (Wildman–Crippen LogP) is 1.51. The first-order chi connectivity index (χ1) is 8.20. The average Bonchev–Trinajstić information content (AvgIpc) is 2.85. The molecule has 1 aliphatic heterocycles. The van der Waals surface area contributed by atoms with E-state index in [1.165, 1.54) is 0 Å². The quantitative estimate of drug-likeness (QED) is 0.825. The summed E-state index contributed by atoms with van der Waals surface area (Å²) in [6.07, 6.45) is 3.88. The van der Waals surface area contributed by atoms with E-state index in [-0.39, 0.29) is 12.1 Å². The first-order valence-electron chi connectivity index (χ1n) is 5.74. The highest BCUT2D eigenvalue weighted by Crippen LogP contribution is 2.20. The molecular weight excluding hydrogens is 216 g/mol. The fourth-order valence-electron chi connectivity index (χ4n) is 1.99. The van der Waals surface area contributed by atoms with E-state index in [4.69, 9.17) is 15.7 Å². The van der Waals surface area contributed by atoms with Crippen molar-refractivity contribution in [1.29, 1.82) is 5.26 Å². The SMILES string of the molecule is CC(Nc1ncc(N)cc1C#N)C1CCCO1. The lowest BCUT2D eigenvalue weighted by molar-refractivity contribution is 0.0995. The number of aromatic nitrogens is 1. The van der Waals surface area contributed by atoms with E-state index in [9.17, 15) is 0 Å². The third-order valence-electron chi connectivity index (χ3n) is 2.92. The maximum absolute atomic E-state index is 9.00. The van der Waals surface area contributed by atoms with Crippen LogP contribution >= 0.6 is 0 Å². The normalized spacial score (nSPS) is 20.8. The Labute approximate surface area is 101 Å². The molecule has 0 bridgehead atoms. The molecule has 0 saturated carbocycles. The smallest absolute Gasteiger partial charge is 0.144 e. The van der Waals surface area contributed by atoms with Crippen LogP contribution in [0.1, 0.15) is 25.3 Å². The van der Waals surface area contributed by atoms with Gasteiger partial charge in [-0.1, -0.05) is 0 Å². The van der Waals surface area contributed by atoms with E-state index in [2.05, 4.69) is 16.4 Å². The Balaban J connectivity index is 2.10. The van der Waals surface area contributed by atoms with Crippen molar-refractivity contribution in [2.75, 3.05) is 17.7 Å². The van der Waals surface area contributed by atoms with Crippen molar-refractivity contribution < 1.29 is 4.74 Å². The van der Waals surface area contributed by atoms with Gasteiger partial charge in [0.25, 0.3) is 0 Å². The van der Waals surface area contributed by atoms with Crippen molar-refractivity contribution >= 4 is 11.5 Å². The maximum atomic E-state index is 9.00. The van der Waals surface area contributed by atoms with Gasteiger partial charge in [0.05, 0.1) is 29.6 Å². The number of nitriles is 1. The zero-order chi connectivity index (χ0) is 12.3. The number of hydrogen-bond donors (Lipinski definition) is 2. The van der Waals surface area contributed by atoms with Gasteiger partial charge >= 0.3 is 0 Å². The van der Waals surface area contributed by atoms with E-state index in [1.54, 1.807) is 12.3 Å². The molecule has 2 heterocycles. The Kier molecular flexibility index (Phi) is 3.45. The second kappa shape index (κ2) is 5.02. The lowest BCUT2D eigenvalue weighted by Gasteiger charge is -2.21. The second-order valence-electron chi connectivity index (χ2n) is 4.26. The number of nitrogen functional groups attached to an aromatic ring is 1. The van der Waals surface area contributed by atoms with Crippen LogP contribution in [-0.2, 0) is 4.74 Å². The molecule has 0 spiro atoms. The summed E-state index contributed by atoms with van der Waals surface area (Å²) in [5, 5.41) is 12.2. The van der Waals surface area contributed by atoms with E-state index in [0.29, 0.717) is 17.1 Å². The molecule has 90 valence electrons. The van der Waals surface area contributed by atoms with Gasteiger partial charge in [0, 0.05) is 6.61 Å². The summed E-state index contributed by atoms with van der Waals surface area (Å²) in [7, 11) is 0. The molecule has 0 aliphatic carbocycles. The van der Waals surface area contributed by atoms with Crippen molar-refractivity contribution in [3.05, 3.63) is 17.8 Å². The Morgan fingerprint density at radius 2 is 2.53 bits per heavy atom. The Morgan fingerprint density at radius 3 is 3.18 bits per heavy atom. The highest BCUT2D eigenvalue weighted by molar-refractivity contribution is 5.57. The molecule has 5 nitrogen and oxygen atoms in total. The van der Waals surface area contributed by atoms with Gasteiger partial charge in [0.1, 0.15) is 11.9 Å². The minimum absolute atomic E-state index is 0.140. The molecule has 1 fully saturated rings. The fraction of sp³-hybridized carbons (Fsp3) is 0.500. The van der Waals surface area contributed by atoms with E-state index >= 15 is 0 Å². The Bertz CT molecular complexity index is 435. The zero-order valence-electron chi connectivity index (χ0n) is 9.81. The maximum Gasteiger partial charge on any atom is 0.144 e. The summed E-state index contributed by atoms with van der Waals surface area (Å²) in [5.74, 6) is 0.574. The number of rotatable bonds is 3. The van der Waals surface area contributed by atoms with Crippen LogP contribution in [0.2, 0.25) is 0 Å². The van der Waals surface area contributed by atoms with Crippen LogP contribution in [0, 0.1) is 11.3 Å². The molecule has 5 heteroatoms. The van der Waals surface area contributed by atoms with Gasteiger partial charge in [-0.15, -0.1) is 0 Å². The number of anilines is 2. The summed E-state index contributed by atoms with van der Waals surface area (Å²) in [4.78, 5) is 4.15. The van der Waals surface area contributed by atoms with Gasteiger partial charge in [-0.25, -0.2) is 4.98 Å². The van der Waals surface area contributed by atoms with Crippen molar-refractivity contribution in [3.63, 3.8) is 0 Å². The fourth-order valence-corrected chi connectivity index (χ4v) is 1.99. The second-order valence-corrected chi connectivity index (χ2v) is 4.26. The molecule has 0 amide bonds. The zero-order valence-corrected chi connectivity index (χ0v) is 9.81. The van der Waals surface area contributed by atoms with Gasteiger partial charge in [-0.05, 0) is 25.8 Å². The summed E-state index contributed by atoms with van der Waals surface area (Å²) < 4.78 is 5.59. The van der Waals surface area contributed by atoms with Crippen LogP contribution in [-0.4, -0.2) is 23.7 Å². The number of nitrogens with two attached hydrogens (primary N) is 1. The average molecular weight is 232 g/mol. The topological polar surface area (TPSA) is 84.0 Å². The first kappa shape index (κ1) is 11.7. The lowest BCUT2D eigenvalue weighted by atomic mass is 10.1. The summed E-state index contributed by atoms with van der Waals surface area (Å²) in [6.45, 7) is 2.85. The minimum atomic E-state index is 0.140. The molecule has 1 aromatic rings. The van der Waals surface area contributed by atoms with Gasteiger partial charge < -0.3 is 15.8 Å². The van der Waals surface area contributed by atoms with Crippen molar-refractivity contribution in [2.24, 2.45) is 0 Å². The standard InChI is InChI=1S/C12H16N4O/c1-8(11-3-2-4-17-11)16-12-9(6-13)5-10(14)7-15-12/h5,7-8,11H,2-4,14H2,1H3,(H,15,16). The van der Waals surface area contributed by atoms with E-state index in [0.717, 1.165) is 19.4 Å². The molecule has 1 aromatic heterocycles. The van der Waals surface area contributed by atoms with Crippen LogP contribution in [0.15, 0.2) is 12.3 Å². The first-order valence-corrected chi connectivity index (χ1v) is 5.74. The number of ether oxygens (including phenoxy) is 1. The Hall–Kier alpha value is -1.80. The summed E-state index contributed by atoms with van der Waals surface area (Å²) >= 11 is 0. The van der Waals surface area contributed by atoms with E-state index < -0.39 is 0 Å². The number of hydrogen-bond acceptors (Lipinski definition) is 5. The molecule has 3 N–H and O–H groups in total. The number of nitrogens with one attached hydrogen (secondary N) is 1. The van der Waals surface area contributed by atoms with Crippen molar-refractivity contribution in [2.45, 2.75) is 31.9 Å². The van der Waals surface area contributed by atoms with Crippen LogP contribution < -0.4 is 11.1 Å². The minimum Gasteiger partial charge on any atom is -0.397 e. The molecular formula is C12H16N4O. The summed E-state index contributed by atoms with van der Waals surface area (Å²) in [6, 6.07) is 3.85. The summed E-state index contributed by atoms with van der Waals surface area (Å²) in [5.41, 5.74) is 6.55. The van der Waals surface area contributed by atoms with Crippen LogP contribution in [0.4, 0.5) is 11.5 Å². The van der Waals surface area contributed by atoms with Gasteiger partial charge in [-0.3, -0.25) is 0 Å². The molecule has 1 saturated heterocycles. The molecule has 0 radical (unpaired) electrons. The lowest BCUT2D eigenvalue weighted by Crippen LogP contribution is -2.30. The Morgan fingerprint density at radius 1 is 1.71 bits per heavy atom. The van der Waals surface area contributed by atoms with E-state index in [1.807, 2.05) is 6.92 Å². The molecule has 1 aliphatic rings. The van der Waals surface area contributed by atoms with Crippen LogP contribution in [0.25, 0.3) is 0 Å². The third-order valence-corrected chi connectivity index (χ3v) is 2.92.